The van der Waals surface area contributed by atoms with Crippen molar-refractivity contribution >= 4 is 29.3 Å². The highest BCUT2D eigenvalue weighted by molar-refractivity contribution is 7.99. The number of amides is 1. The van der Waals surface area contributed by atoms with Crippen molar-refractivity contribution in [2.24, 2.45) is 0 Å². The molecule has 2 N–H and O–H groups in total. The third-order valence-corrected chi connectivity index (χ3v) is 3.65. The van der Waals surface area contributed by atoms with E-state index in [9.17, 15) is 4.79 Å². The Balaban J connectivity index is 1.93. The number of aromatic nitrogens is 2. The van der Waals surface area contributed by atoms with Crippen molar-refractivity contribution in [2.45, 2.75) is 30.5 Å². The summed E-state index contributed by atoms with van der Waals surface area (Å²) in [6.07, 6.45) is 3.46. The summed E-state index contributed by atoms with van der Waals surface area (Å²) in [5.41, 5.74) is 0.471. The number of halogens is 1. The Labute approximate surface area is 108 Å². The molecular weight excluding hydrogens is 262 g/mol. The maximum Gasteiger partial charge on any atom is 0.230 e. The van der Waals surface area contributed by atoms with Gasteiger partial charge >= 0.3 is 0 Å². The number of aliphatic hydroxyl groups excluding tert-OH is 1. The number of carbonyl (C=O) groups is 1. The third kappa shape index (κ3) is 3.55. The molecule has 1 aliphatic carbocycles. The van der Waals surface area contributed by atoms with Gasteiger partial charge in [0.05, 0.1) is 12.4 Å². The molecule has 5 nitrogen and oxygen atoms in total. The lowest BCUT2D eigenvalue weighted by atomic mass is 10.4. The van der Waals surface area contributed by atoms with Crippen molar-refractivity contribution < 1.29 is 9.90 Å². The fraction of sp³-hybridized carbons (Fsp3) is 0.500. The molecule has 92 valence electrons. The summed E-state index contributed by atoms with van der Waals surface area (Å²) >= 11 is 7.07. The Bertz CT molecular complexity index is 426. The van der Waals surface area contributed by atoms with E-state index in [1.807, 2.05) is 0 Å². The van der Waals surface area contributed by atoms with Crippen LogP contribution in [-0.2, 0) is 11.4 Å². The second kappa shape index (κ2) is 5.66. The number of hydrogen-bond acceptors (Lipinski definition) is 5. The first-order valence-corrected chi connectivity index (χ1v) is 6.59. The average Bonchev–Trinajstić information content (AvgIpc) is 3.10. The summed E-state index contributed by atoms with van der Waals surface area (Å²) in [7, 11) is 0. The average molecular weight is 274 g/mol. The van der Waals surface area contributed by atoms with Gasteiger partial charge in [0.25, 0.3) is 0 Å². The van der Waals surface area contributed by atoms with Gasteiger partial charge in [-0.1, -0.05) is 23.4 Å². The number of carbonyl (C=O) groups excluding carboxylic acids is 1. The Morgan fingerprint density at radius 2 is 2.35 bits per heavy atom. The lowest BCUT2D eigenvalue weighted by Gasteiger charge is -2.06. The number of nitrogens with zero attached hydrogens (tertiary/aromatic N) is 2. The van der Waals surface area contributed by atoms with E-state index < -0.39 is 0 Å². The van der Waals surface area contributed by atoms with Crippen LogP contribution in [0.3, 0.4) is 0 Å². The zero-order valence-electron chi connectivity index (χ0n) is 9.02. The van der Waals surface area contributed by atoms with Crippen molar-refractivity contribution in [1.29, 1.82) is 0 Å². The predicted octanol–water partition coefficient (Wildman–Crippen LogP) is 0.993. The van der Waals surface area contributed by atoms with Gasteiger partial charge < -0.3 is 10.4 Å². The molecule has 17 heavy (non-hydrogen) atoms. The lowest BCUT2D eigenvalue weighted by molar-refractivity contribution is -0.118. The van der Waals surface area contributed by atoms with Gasteiger partial charge in [-0.3, -0.25) is 4.79 Å². The number of rotatable bonds is 5. The van der Waals surface area contributed by atoms with E-state index in [-0.39, 0.29) is 23.4 Å². The molecular formula is C10H12ClN3O2S. The van der Waals surface area contributed by atoms with Crippen molar-refractivity contribution in [3.8, 4) is 0 Å². The van der Waals surface area contributed by atoms with Gasteiger partial charge in [0, 0.05) is 11.6 Å². The van der Waals surface area contributed by atoms with E-state index in [0.717, 1.165) is 12.8 Å². The topological polar surface area (TPSA) is 75.1 Å². The molecule has 1 saturated carbocycles. The van der Waals surface area contributed by atoms with E-state index in [0.29, 0.717) is 16.6 Å². The molecule has 0 bridgehead atoms. The highest BCUT2D eigenvalue weighted by Gasteiger charge is 2.23. The Hall–Kier alpha value is -0.850. The van der Waals surface area contributed by atoms with Gasteiger partial charge in [-0.2, -0.15) is 0 Å². The SMILES string of the molecule is O=C(CSc1ncnc(Cl)c1CO)NC1CC1. The Kier molecular flexibility index (Phi) is 4.20. The molecule has 1 aromatic rings. The fourth-order valence-electron chi connectivity index (χ4n) is 1.26. The Morgan fingerprint density at radius 1 is 1.59 bits per heavy atom. The quantitative estimate of drug-likeness (QED) is 0.618. The molecule has 1 amide bonds. The predicted molar refractivity (Wildman–Crippen MR) is 64.9 cm³/mol. The summed E-state index contributed by atoms with van der Waals surface area (Å²) in [5.74, 6) is 0.257. The highest BCUT2D eigenvalue weighted by Crippen LogP contribution is 2.25. The largest absolute Gasteiger partial charge is 0.391 e. The van der Waals surface area contributed by atoms with Crippen LogP contribution in [0.5, 0.6) is 0 Å². The number of thioether (sulfide) groups is 1. The van der Waals surface area contributed by atoms with E-state index in [2.05, 4.69) is 15.3 Å². The normalized spacial score (nSPS) is 14.7. The van der Waals surface area contributed by atoms with Crippen LogP contribution in [0.15, 0.2) is 11.4 Å². The molecule has 0 aliphatic heterocycles. The van der Waals surface area contributed by atoms with Gasteiger partial charge in [-0.05, 0) is 12.8 Å². The van der Waals surface area contributed by atoms with Gasteiger partial charge in [0.2, 0.25) is 5.91 Å². The first-order chi connectivity index (χ1) is 8.20. The molecule has 7 heteroatoms. The molecule has 1 fully saturated rings. The molecule has 0 radical (unpaired) electrons. The van der Waals surface area contributed by atoms with Crippen LogP contribution in [0.2, 0.25) is 5.15 Å². The molecule has 0 aromatic carbocycles. The van der Waals surface area contributed by atoms with Gasteiger partial charge in [0.15, 0.2) is 0 Å². The molecule has 0 spiro atoms. The summed E-state index contributed by atoms with van der Waals surface area (Å²) < 4.78 is 0. The van der Waals surface area contributed by atoms with Crippen LogP contribution in [-0.4, -0.2) is 32.8 Å². The van der Waals surface area contributed by atoms with Crippen LogP contribution in [0.25, 0.3) is 0 Å². The fourth-order valence-corrected chi connectivity index (χ4v) is 2.32. The van der Waals surface area contributed by atoms with Gasteiger partial charge in [-0.15, -0.1) is 0 Å². The molecule has 0 unspecified atom stereocenters. The summed E-state index contributed by atoms with van der Waals surface area (Å²) in [4.78, 5) is 19.3. The first kappa shape index (κ1) is 12.6. The minimum atomic E-state index is -0.230. The van der Waals surface area contributed by atoms with Crippen molar-refractivity contribution in [2.75, 3.05) is 5.75 Å². The molecule has 0 saturated heterocycles. The number of aliphatic hydroxyl groups is 1. The van der Waals surface area contributed by atoms with Crippen LogP contribution in [0.4, 0.5) is 0 Å². The second-order valence-corrected chi connectivity index (χ2v) is 5.06. The van der Waals surface area contributed by atoms with Crippen LogP contribution in [0, 0.1) is 0 Å². The van der Waals surface area contributed by atoms with E-state index in [1.165, 1.54) is 18.1 Å². The number of hydrogen-bond donors (Lipinski definition) is 2. The Morgan fingerprint density at radius 3 is 3.00 bits per heavy atom. The lowest BCUT2D eigenvalue weighted by Crippen LogP contribution is -2.27. The van der Waals surface area contributed by atoms with E-state index in [1.54, 1.807) is 0 Å². The second-order valence-electron chi connectivity index (χ2n) is 3.74. The molecule has 1 heterocycles. The zero-order valence-corrected chi connectivity index (χ0v) is 10.6. The van der Waals surface area contributed by atoms with E-state index in [4.69, 9.17) is 16.7 Å². The molecule has 2 rings (SSSR count). The van der Waals surface area contributed by atoms with Gasteiger partial charge in [-0.25, -0.2) is 9.97 Å². The van der Waals surface area contributed by atoms with Gasteiger partial charge in [0.1, 0.15) is 16.5 Å². The molecule has 0 atom stereocenters. The highest BCUT2D eigenvalue weighted by atomic mass is 35.5. The van der Waals surface area contributed by atoms with Crippen molar-refractivity contribution in [1.82, 2.24) is 15.3 Å². The number of nitrogens with one attached hydrogen (secondary N) is 1. The van der Waals surface area contributed by atoms with E-state index >= 15 is 0 Å². The first-order valence-electron chi connectivity index (χ1n) is 5.23. The summed E-state index contributed by atoms with van der Waals surface area (Å²) in [6.45, 7) is -0.230. The summed E-state index contributed by atoms with van der Waals surface area (Å²) in [6, 6.07) is 0.356. The van der Waals surface area contributed by atoms with Crippen molar-refractivity contribution in [3.63, 3.8) is 0 Å². The maximum absolute atomic E-state index is 11.5. The standard InChI is InChI=1S/C10H12ClN3O2S/c11-9-7(3-15)10(13-5-12-9)17-4-8(16)14-6-1-2-6/h5-6,15H,1-4H2,(H,14,16). The van der Waals surface area contributed by atoms with Crippen LogP contribution < -0.4 is 5.32 Å². The molecule has 1 aromatic heterocycles. The van der Waals surface area contributed by atoms with Crippen molar-refractivity contribution in [3.05, 3.63) is 17.0 Å². The van der Waals surface area contributed by atoms with Crippen LogP contribution in [0.1, 0.15) is 18.4 Å². The monoisotopic (exact) mass is 273 g/mol. The smallest absolute Gasteiger partial charge is 0.230 e. The zero-order chi connectivity index (χ0) is 12.3. The maximum atomic E-state index is 11.5. The summed E-state index contributed by atoms with van der Waals surface area (Å²) in [5, 5.41) is 12.8. The minimum Gasteiger partial charge on any atom is -0.391 e. The molecule has 1 aliphatic rings. The third-order valence-electron chi connectivity index (χ3n) is 2.29. The minimum absolute atomic E-state index is 0.0175. The van der Waals surface area contributed by atoms with Crippen LogP contribution >= 0.6 is 23.4 Å².